The lowest BCUT2D eigenvalue weighted by Crippen LogP contribution is -2.57. The highest BCUT2D eigenvalue weighted by molar-refractivity contribution is 5.92. The lowest BCUT2D eigenvalue weighted by atomic mass is 9.94. The number of ether oxygens (including phenoxy) is 2. The number of nitrogens with one attached hydrogen (secondary N) is 1. The summed E-state index contributed by atoms with van der Waals surface area (Å²) in [6.07, 6.45) is 9.12. The van der Waals surface area contributed by atoms with E-state index in [9.17, 15) is 4.79 Å². The van der Waals surface area contributed by atoms with Gasteiger partial charge in [-0.2, -0.15) is 4.39 Å². The van der Waals surface area contributed by atoms with Gasteiger partial charge in [0.05, 0.1) is 34.5 Å². The van der Waals surface area contributed by atoms with Crippen LogP contribution in [-0.4, -0.2) is 57.1 Å². The SMILES string of the molecule is CC(C)(C)OC(=O)N1CC(Nc2ccc(C3=CCCCc4c3ccc3c4c(F)nn3C3CCCCO3)nc2)C1. The maximum atomic E-state index is 15.3. The molecular formula is C30H36FN5O3. The fraction of sp³-hybridized carbons (Fsp3) is 0.500. The summed E-state index contributed by atoms with van der Waals surface area (Å²) in [5.74, 6) is -0.425. The van der Waals surface area contributed by atoms with Crippen LogP contribution in [0.3, 0.4) is 0 Å². The van der Waals surface area contributed by atoms with Gasteiger partial charge in [-0.25, -0.2) is 9.48 Å². The Balaban J connectivity index is 1.19. The van der Waals surface area contributed by atoms with Gasteiger partial charge in [0.25, 0.3) is 0 Å². The zero-order valence-corrected chi connectivity index (χ0v) is 22.9. The van der Waals surface area contributed by atoms with Crippen LogP contribution >= 0.6 is 0 Å². The van der Waals surface area contributed by atoms with Crippen molar-refractivity contribution in [2.45, 2.75) is 77.2 Å². The number of hydrogen-bond donors (Lipinski definition) is 1. The fourth-order valence-corrected chi connectivity index (χ4v) is 5.70. The molecule has 1 atom stereocenters. The van der Waals surface area contributed by atoms with E-state index in [1.807, 2.05) is 45.2 Å². The summed E-state index contributed by atoms with van der Waals surface area (Å²) in [4.78, 5) is 18.7. The molecule has 2 aromatic heterocycles. The Kier molecular flexibility index (Phi) is 6.79. The molecule has 1 aliphatic carbocycles. The minimum Gasteiger partial charge on any atom is -0.444 e. The molecule has 1 N–H and O–H groups in total. The third kappa shape index (κ3) is 5.24. The van der Waals surface area contributed by atoms with Gasteiger partial charge in [0.15, 0.2) is 6.23 Å². The summed E-state index contributed by atoms with van der Waals surface area (Å²) in [5.41, 5.74) is 5.10. The maximum absolute atomic E-state index is 15.3. The van der Waals surface area contributed by atoms with Gasteiger partial charge in [-0.1, -0.05) is 12.1 Å². The van der Waals surface area contributed by atoms with Crippen LogP contribution in [0.5, 0.6) is 0 Å². The van der Waals surface area contributed by atoms with Crippen molar-refractivity contribution in [3.8, 4) is 0 Å². The number of likely N-dealkylation sites (tertiary alicyclic amines) is 1. The number of aromatic nitrogens is 3. The molecule has 3 aliphatic rings. The summed E-state index contributed by atoms with van der Waals surface area (Å²) in [6.45, 7) is 7.48. The van der Waals surface area contributed by atoms with Crippen LogP contribution in [0, 0.1) is 5.95 Å². The van der Waals surface area contributed by atoms with E-state index >= 15 is 4.39 Å². The van der Waals surface area contributed by atoms with Gasteiger partial charge in [0, 0.05) is 25.3 Å². The van der Waals surface area contributed by atoms with Crippen molar-refractivity contribution in [3.05, 3.63) is 59.3 Å². The number of allylic oxidation sites excluding steroid dienone is 1. The first-order valence-electron chi connectivity index (χ1n) is 14.0. The van der Waals surface area contributed by atoms with E-state index in [1.54, 1.807) is 9.58 Å². The Hall–Kier alpha value is -3.46. The molecule has 0 spiro atoms. The number of nitrogens with zero attached hydrogens (tertiary/aromatic N) is 4. The molecule has 1 aromatic carbocycles. The summed E-state index contributed by atoms with van der Waals surface area (Å²) < 4.78 is 28.4. The zero-order valence-electron chi connectivity index (χ0n) is 22.9. The first kappa shape index (κ1) is 25.8. The van der Waals surface area contributed by atoms with Crippen LogP contribution in [0.1, 0.15) is 75.9 Å². The molecular weight excluding hydrogens is 497 g/mol. The van der Waals surface area contributed by atoms with Gasteiger partial charge >= 0.3 is 6.09 Å². The monoisotopic (exact) mass is 533 g/mol. The highest BCUT2D eigenvalue weighted by atomic mass is 19.1. The molecule has 6 rings (SSSR count). The number of amides is 1. The van der Waals surface area contributed by atoms with Crippen molar-refractivity contribution < 1.29 is 18.7 Å². The van der Waals surface area contributed by atoms with Crippen molar-refractivity contribution in [3.63, 3.8) is 0 Å². The van der Waals surface area contributed by atoms with Crippen LogP contribution < -0.4 is 5.32 Å². The molecule has 3 aromatic rings. The second kappa shape index (κ2) is 10.3. The molecule has 8 nitrogen and oxygen atoms in total. The van der Waals surface area contributed by atoms with Crippen molar-refractivity contribution in [1.82, 2.24) is 19.7 Å². The number of fused-ring (bicyclic) bond motifs is 3. The number of halogens is 1. The number of anilines is 1. The lowest BCUT2D eigenvalue weighted by molar-refractivity contribution is -0.0375. The molecule has 0 saturated carbocycles. The molecule has 1 unspecified atom stereocenters. The van der Waals surface area contributed by atoms with E-state index in [-0.39, 0.29) is 18.4 Å². The third-order valence-electron chi connectivity index (χ3n) is 7.58. The Morgan fingerprint density at radius 1 is 1.15 bits per heavy atom. The molecule has 9 heteroatoms. The van der Waals surface area contributed by atoms with Crippen LogP contribution in [0.4, 0.5) is 14.9 Å². The topological polar surface area (TPSA) is 81.5 Å². The molecule has 1 amide bonds. The van der Waals surface area contributed by atoms with E-state index in [0.717, 1.165) is 72.1 Å². The molecule has 206 valence electrons. The van der Waals surface area contributed by atoms with Crippen molar-refractivity contribution >= 4 is 28.3 Å². The van der Waals surface area contributed by atoms with E-state index in [0.29, 0.717) is 25.1 Å². The number of pyridine rings is 1. The van der Waals surface area contributed by atoms with Crippen molar-refractivity contribution in [1.29, 1.82) is 0 Å². The highest BCUT2D eigenvalue weighted by Crippen LogP contribution is 2.37. The Labute approximate surface area is 228 Å². The first-order chi connectivity index (χ1) is 18.8. The minimum atomic E-state index is -0.498. The van der Waals surface area contributed by atoms with E-state index in [2.05, 4.69) is 22.6 Å². The lowest BCUT2D eigenvalue weighted by Gasteiger charge is -2.40. The Morgan fingerprint density at radius 2 is 2.00 bits per heavy atom. The number of rotatable bonds is 4. The Morgan fingerprint density at radius 3 is 2.72 bits per heavy atom. The summed E-state index contributed by atoms with van der Waals surface area (Å²) >= 11 is 0. The molecule has 2 saturated heterocycles. The highest BCUT2D eigenvalue weighted by Gasteiger charge is 2.33. The molecule has 2 aliphatic heterocycles. The first-order valence-corrected chi connectivity index (χ1v) is 14.0. The average Bonchev–Trinajstić information content (AvgIpc) is 3.08. The number of carbonyl (C=O) groups is 1. The van der Waals surface area contributed by atoms with Crippen molar-refractivity contribution in [2.75, 3.05) is 25.0 Å². The number of aryl methyl sites for hydroxylation is 1. The van der Waals surface area contributed by atoms with E-state index < -0.39 is 11.5 Å². The van der Waals surface area contributed by atoms with Gasteiger partial charge in [-0.3, -0.25) is 4.98 Å². The van der Waals surface area contributed by atoms with Crippen molar-refractivity contribution in [2.24, 2.45) is 0 Å². The second-order valence-corrected chi connectivity index (χ2v) is 11.7. The normalized spacial score (nSPS) is 20.2. The standard InChI is InChI=1S/C30H36FN5O3/c1-30(2,3)39-29(37)35-17-20(18-35)33-19-11-13-24(32-16-19)22-8-4-5-9-23-21(22)12-14-25-27(23)28(31)34-36(25)26-10-6-7-15-38-26/h8,11-14,16,20,26,33H,4-7,9-10,15,17-18H2,1-3H3. The predicted molar refractivity (Wildman–Crippen MR) is 148 cm³/mol. The molecule has 0 radical (unpaired) electrons. The fourth-order valence-electron chi connectivity index (χ4n) is 5.70. The summed E-state index contributed by atoms with van der Waals surface area (Å²) in [5, 5.41) is 8.34. The third-order valence-corrected chi connectivity index (χ3v) is 7.58. The zero-order chi connectivity index (χ0) is 27.1. The molecule has 4 heterocycles. The molecule has 0 bridgehead atoms. The van der Waals surface area contributed by atoms with Gasteiger partial charge in [-0.15, -0.1) is 5.10 Å². The summed E-state index contributed by atoms with van der Waals surface area (Å²) in [7, 11) is 0. The van der Waals surface area contributed by atoms with Gasteiger partial charge in [0.2, 0.25) is 5.95 Å². The van der Waals surface area contributed by atoms with Gasteiger partial charge in [0.1, 0.15) is 5.60 Å². The quantitative estimate of drug-likeness (QED) is 0.439. The van der Waals surface area contributed by atoms with Crippen LogP contribution in [-0.2, 0) is 15.9 Å². The molecule has 39 heavy (non-hydrogen) atoms. The van der Waals surface area contributed by atoms with Crippen LogP contribution in [0.15, 0.2) is 36.5 Å². The van der Waals surface area contributed by atoms with E-state index in [1.165, 1.54) is 0 Å². The van der Waals surface area contributed by atoms with Crippen LogP contribution in [0.2, 0.25) is 0 Å². The minimum absolute atomic E-state index is 0.156. The smallest absolute Gasteiger partial charge is 0.410 e. The van der Waals surface area contributed by atoms with Gasteiger partial charge < -0.3 is 19.7 Å². The maximum Gasteiger partial charge on any atom is 0.410 e. The average molecular weight is 534 g/mol. The largest absolute Gasteiger partial charge is 0.444 e. The number of benzene rings is 1. The predicted octanol–water partition coefficient (Wildman–Crippen LogP) is 6.07. The number of carbonyl (C=O) groups excluding carboxylic acids is 1. The summed E-state index contributed by atoms with van der Waals surface area (Å²) in [6, 6.07) is 8.24. The van der Waals surface area contributed by atoms with Crippen LogP contribution in [0.25, 0.3) is 16.5 Å². The second-order valence-electron chi connectivity index (χ2n) is 11.7. The number of hydrogen-bond acceptors (Lipinski definition) is 6. The van der Waals surface area contributed by atoms with Gasteiger partial charge in [-0.05, 0) is 88.6 Å². The molecule has 2 fully saturated rings. The van der Waals surface area contributed by atoms with E-state index in [4.69, 9.17) is 14.5 Å². The Bertz CT molecular complexity index is 1400.